The first-order valence-corrected chi connectivity index (χ1v) is 7.31. The number of rotatable bonds is 5. The smallest absolute Gasteiger partial charge is 0.0123 e. The molecule has 1 saturated carbocycles. The average molecular weight is 225 g/mol. The van der Waals surface area contributed by atoms with Crippen molar-refractivity contribution in [2.24, 2.45) is 23.7 Å². The third-order valence-corrected chi connectivity index (χ3v) is 4.40. The Morgan fingerprint density at radius 1 is 1.12 bits per heavy atom. The van der Waals surface area contributed by atoms with Gasteiger partial charge in [0.1, 0.15) is 0 Å². The van der Waals surface area contributed by atoms with E-state index in [-0.39, 0.29) is 0 Å². The van der Waals surface area contributed by atoms with Crippen molar-refractivity contribution < 1.29 is 0 Å². The minimum atomic E-state index is 0.727. The molecule has 0 heterocycles. The molecule has 1 rings (SSSR count). The summed E-state index contributed by atoms with van der Waals surface area (Å²) >= 11 is 0. The van der Waals surface area contributed by atoms with Crippen LogP contribution in [0.5, 0.6) is 0 Å². The predicted octanol–water partition coefficient (Wildman–Crippen LogP) is 4.08. The Bertz CT molecular complexity index is 178. The molecule has 0 amide bonds. The Morgan fingerprint density at radius 2 is 1.69 bits per heavy atom. The average Bonchev–Trinajstić information content (AvgIpc) is 2.21. The Hall–Kier alpha value is -0.0400. The molecule has 0 saturated heterocycles. The molecule has 0 aliphatic heterocycles. The van der Waals surface area contributed by atoms with E-state index >= 15 is 0 Å². The fraction of sp³-hybridized carbons (Fsp3) is 1.00. The fourth-order valence-corrected chi connectivity index (χ4v) is 3.54. The van der Waals surface area contributed by atoms with Crippen molar-refractivity contribution in [1.82, 2.24) is 5.32 Å². The normalized spacial score (nSPS) is 33.0. The standard InChI is InChI=1S/C15H31N/c1-6-10-16-15(11(2)3)14-12(4)8-7-9-13(14)5/h11-16H,6-10H2,1-5H3. The summed E-state index contributed by atoms with van der Waals surface area (Å²) in [4.78, 5) is 0. The van der Waals surface area contributed by atoms with Crippen LogP contribution in [-0.4, -0.2) is 12.6 Å². The van der Waals surface area contributed by atoms with Gasteiger partial charge in [-0.2, -0.15) is 0 Å². The van der Waals surface area contributed by atoms with Gasteiger partial charge in [0.2, 0.25) is 0 Å². The third-order valence-electron chi connectivity index (χ3n) is 4.40. The van der Waals surface area contributed by atoms with Gasteiger partial charge in [0, 0.05) is 6.04 Å². The van der Waals surface area contributed by atoms with E-state index in [0.29, 0.717) is 0 Å². The lowest BCUT2D eigenvalue weighted by Crippen LogP contribution is -2.47. The molecule has 0 aromatic carbocycles. The SMILES string of the molecule is CCCNC(C(C)C)C1C(C)CCCC1C. The topological polar surface area (TPSA) is 12.0 Å². The molecule has 1 aliphatic carbocycles. The van der Waals surface area contributed by atoms with Crippen LogP contribution < -0.4 is 5.32 Å². The Balaban J connectivity index is 2.66. The maximum absolute atomic E-state index is 3.80. The number of hydrogen-bond acceptors (Lipinski definition) is 1. The lowest BCUT2D eigenvalue weighted by Gasteiger charge is -2.42. The highest BCUT2D eigenvalue weighted by atomic mass is 14.9. The molecule has 3 atom stereocenters. The number of hydrogen-bond donors (Lipinski definition) is 1. The van der Waals surface area contributed by atoms with Crippen LogP contribution in [0.25, 0.3) is 0 Å². The summed E-state index contributed by atoms with van der Waals surface area (Å²) in [6.07, 6.45) is 5.56. The molecule has 0 radical (unpaired) electrons. The fourth-order valence-electron chi connectivity index (χ4n) is 3.54. The van der Waals surface area contributed by atoms with Crippen LogP contribution in [0.1, 0.15) is 60.3 Å². The zero-order valence-electron chi connectivity index (χ0n) is 11.9. The van der Waals surface area contributed by atoms with E-state index in [1.165, 1.54) is 32.2 Å². The van der Waals surface area contributed by atoms with Gasteiger partial charge < -0.3 is 5.32 Å². The van der Waals surface area contributed by atoms with Crippen molar-refractivity contribution in [3.63, 3.8) is 0 Å². The summed E-state index contributed by atoms with van der Waals surface area (Å²) in [6.45, 7) is 13.1. The molecule has 1 heteroatoms. The first-order chi connectivity index (χ1) is 7.57. The molecule has 1 nitrogen and oxygen atoms in total. The van der Waals surface area contributed by atoms with E-state index in [9.17, 15) is 0 Å². The molecular formula is C15H31N. The van der Waals surface area contributed by atoms with Gasteiger partial charge in [-0.1, -0.05) is 53.9 Å². The van der Waals surface area contributed by atoms with Crippen LogP contribution >= 0.6 is 0 Å². The largest absolute Gasteiger partial charge is 0.313 e. The van der Waals surface area contributed by atoms with Crippen LogP contribution in [-0.2, 0) is 0 Å². The van der Waals surface area contributed by atoms with Crippen LogP contribution in [0.2, 0.25) is 0 Å². The zero-order chi connectivity index (χ0) is 12.1. The molecule has 96 valence electrons. The molecule has 16 heavy (non-hydrogen) atoms. The Labute approximate surface area is 102 Å². The van der Waals surface area contributed by atoms with Gasteiger partial charge in [-0.15, -0.1) is 0 Å². The first kappa shape index (κ1) is 14.0. The van der Waals surface area contributed by atoms with Gasteiger partial charge in [-0.05, 0) is 36.6 Å². The summed E-state index contributed by atoms with van der Waals surface area (Å²) in [7, 11) is 0. The van der Waals surface area contributed by atoms with Gasteiger partial charge in [0.05, 0.1) is 0 Å². The second-order valence-electron chi connectivity index (χ2n) is 6.19. The predicted molar refractivity (Wildman–Crippen MR) is 72.6 cm³/mol. The van der Waals surface area contributed by atoms with Gasteiger partial charge >= 0.3 is 0 Å². The highest BCUT2D eigenvalue weighted by Crippen LogP contribution is 2.38. The summed E-state index contributed by atoms with van der Waals surface area (Å²) in [5.74, 6) is 3.46. The Morgan fingerprint density at radius 3 is 2.12 bits per heavy atom. The summed E-state index contributed by atoms with van der Waals surface area (Å²) < 4.78 is 0. The van der Waals surface area contributed by atoms with E-state index in [1.807, 2.05) is 0 Å². The molecule has 1 N–H and O–H groups in total. The van der Waals surface area contributed by atoms with E-state index in [2.05, 4.69) is 39.9 Å². The lowest BCUT2D eigenvalue weighted by atomic mass is 9.68. The zero-order valence-corrected chi connectivity index (χ0v) is 11.9. The van der Waals surface area contributed by atoms with Crippen LogP contribution in [0.15, 0.2) is 0 Å². The molecule has 0 aromatic rings. The van der Waals surface area contributed by atoms with E-state index in [0.717, 1.165) is 29.7 Å². The van der Waals surface area contributed by atoms with Crippen LogP contribution in [0, 0.1) is 23.7 Å². The molecule has 1 aliphatic rings. The minimum absolute atomic E-state index is 0.727. The van der Waals surface area contributed by atoms with Gasteiger partial charge in [-0.3, -0.25) is 0 Å². The lowest BCUT2D eigenvalue weighted by molar-refractivity contribution is 0.107. The van der Waals surface area contributed by atoms with Crippen molar-refractivity contribution >= 4 is 0 Å². The van der Waals surface area contributed by atoms with Crippen molar-refractivity contribution in [1.29, 1.82) is 0 Å². The second-order valence-corrected chi connectivity index (χ2v) is 6.19. The Kier molecular flexibility index (Phi) is 5.82. The van der Waals surface area contributed by atoms with Crippen molar-refractivity contribution in [3.05, 3.63) is 0 Å². The molecule has 0 bridgehead atoms. The van der Waals surface area contributed by atoms with E-state index in [1.54, 1.807) is 0 Å². The first-order valence-electron chi connectivity index (χ1n) is 7.31. The molecule has 1 fully saturated rings. The molecule has 0 spiro atoms. The van der Waals surface area contributed by atoms with E-state index in [4.69, 9.17) is 0 Å². The monoisotopic (exact) mass is 225 g/mol. The second kappa shape index (κ2) is 6.64. The number of nitrogens with one attached hydrogen (secondary N) is 1. The summed E-state index contributed by atoms with van der Waals surface area (Å²) in [5.41, 5.74) is 0. The molecular weight excluding hydrogens is 194 g/mol. The maximum atomic E-state index is 3.80. The van der Waals surface area contributed by atoms with Crippen molar-refractivity contribution in [2.75, 3.05) is 6.54 Å². The molecule has 0 aromatic heterocycles. The van der Waals surface area contributed by atoms with Crippen molar-refractivity contribution in [2.45, 2.75) is 66.3 Å². The third kappa shape index (κ3) is 3.48. The van der Waals surface area contributed by atoms with Crippen LogP contribution in [0.4, 0.5) is 0 Å². The van der Waals surface area contributed by atoms with Gasteiger partial charge in [0.15, 0.2) is 0 Å². The maximum Gasteiger partial charge on any atom is 0.0123 e. The highest BCUT2D eigenvalue weighted by molar-refractivity contribution is 4.88. The summed E-state index contributed by atoms with van der Waals surface area (Å²) in [5, 5.41) is 3.80. The van der Waals surface area contributed by atoms with Gasteiger partial charge in [-0.25, -0.2) is 0 Å². The molecule has 3 unspecified atom stereocenters. The van der Waals surface area contributed by atoms with E-state index < -0.39 is 0 Å². The minimum Gasteiger partial charge on any atom is -0.313 e. The highest BCUT2D eigenvalue weighted by Gasteiger charge is 2.35. The quantitative estimate of drug-likeness (QED) is 0.743. The van der Waals surface area contributed by atoms with Gasteiger partial charge in [0.25, 0.3) is 0 Å². The summed E-state index contributed by atoms with van der Waals surface area (Å²) in [6, 6.07) is 0.727. The van der Waals surface area contributed by atoms with Crippen molar-refractivity contribution in [3.8, 4) is 0 Å². The van der Waals surface area contributed by atoms with Crippen LogP contribution in [0.3, 0.4) is 0 Å².